The van der Waals surface area contributed by atoms with E-state index in [4.69, 9.17) is 10.5 Å². The number of hydrogen-bond donors (Lipinski definition) is 3. The highest BCUT2D eigenvalue weighted by molar-refractivity contribution is 5.92. The third-order valence-corrected chi connectivity index (χ3v) is 5.42. The number of primary amides is 1. The fourth-order valence-corrected chi connectivity index (χ4v) is 3.82. The molecule has 4 N–H and O–H groups in total. The third kappa shape index (κ3) is 10.1. The number of alkyl carbamates (subject to hydrolysis) is 1. The van der Waals surface area contributed by atoms with Gasteiger partial charge in [0.2, 0.25) is 17.7 Å². The number of benzene rings is 1. The Morgan fingerprint density at radius 3 is 2.33 bits per heavy atom. The molecule has 0 fully saturated rings. The van der Waals surface area contributed by atoms with Crippen LogP contribution in [0.15, 0.2) is 30.8 Å². The zero-order valence-electron chi connectivity index (χ0n) is 22.4. The van der Waals surface area contributed by atoms with Gasteiger partial charge in [-0.05, 0) is 64.7 Å². The van der Waals surface area contributed by atoms with Crippen LogP contribution in [0.3, 0.4) is 0 Å². The predicted molar refractivity (Wildman–Crippen MR) is 141 cm³/mol. The first-order valence-electron chi connectivity index (χ1n) is 12.4. The topological polar surface area (TPSA) is 131 Å². The molecular formula is C27H42N4O5. The van der Waals surface area contributed by atoms with Gasteiger partial charge in [-0.2, -0.15) is 0 Å². The lowest BCUT2D eigenvalue weighted by Gasteiger charge is -2.34. The Hall–Kier alpha value is -3.36. The molecule has 3 atom stereocenters. The molecule has 0 saturated heterocycles. The van der Waals surface area contributed by atoms with Crippen LogP contribution in [0, 0.1) is 0 Å². The van der Waals surface area contributed by atoms with Gasteiger partial charge < -0.3 is 26.0 Å². The predicted octanol–water partition coefficient (Wildman–Crippen LogP) is 3.68. The van der Waals surface area contributed by atoms with Gasteiger partial charge in [0.05, 0.1) is 0 Å². The monoisotopic (exact) mass is 502 g/mol. The van der Waals surface area contributed by atoms with Crippen molar-refractivity contribution >= 4 is 29.9 Å². The van der Waals surface area contributed by atoms with E-state index in [0.717, 1.165) is 18.4 Å². The van der Waals surface area contributed by atoms with Crippen molar-refractivity contribution in [1.29, 1.82) is 0 Å². The molecule has 0 aliphatic heterocycles. The van der Waals surface area contributed by atoms with Crippen LogP contribution in [0.5, 0.6) is 0 Å². The maximum absolute atomic E-state index is 13.8. The van der Waals surface area contributed by atoms with E-state index in [1.165, 1.54) is 4.90 Å². The molecular weight excluding hydrogens is 460 g/mol. The zero-order chi connectivity index (χ0) is 27.5. The molecule has 0 bridgehead atoms. The second kappa shape index (κ2) is 14.3. The molecule has 1 aromatic rings. The number of ether oxygens (including phenoxy) is 1. The molecule has 0 aliphatic carbocycles. The summed E-state index contributed by atoms with van der Waals surface area (Å²) in [6.45, 7) is 14.8. The van der Waals surface area contributed by atoms with Crippen molar-refractivity contribution in [1.82, 2.24) is 15.5 Å². The SMILES string of the molecule is C=Cc1cccc(C(C(=O)NC(C)CCC)N(CC)C(=O)C(CCC(N)=O)NC(=O)OC(C)(C)C)c1. The van der Waals surface area contributed by atoms with Gasteiger partial charge in [0.1, 0.15) is 17.7 Å². The average Bonchev–Trinajstić information content (AvgIpc) is 2.78. The number of nitrogens with two attached hydrogens (primary N) is 1. The van der Waals surface area contributed by atoms with E-state index in [1.54, 1.807) is 52.0 Å². The van der Waals surface area contributed by atoms with Gasteiger partial charge >= 0.3 is 6.09 Å². The van der Waals surface area contributed by atoms with Gasteiger partial charge in [-0.15, -0.1) is 0 Å². The number of nitrogens with zero attached hydrogens (tertiary/aromatic N) is 1. The van der Waals surface area contributed by atoms with Crippen LogP contribution in [0.1, 0.15) is 84.4 Å². The molecule has 4 amide bonds. The Bertz CT molecular complexity index is 925. The first-order chi connectivity index (χ1) is 16.8. The largest absolute Gasteiger partial charge is 0.444 e. The maximum atomic E-state index is 13.8. The molecule has 9 nitrogen and oxygen atoms in total. The lowest BCUT2D eigenvalue weighted by atomic mass is 9.99. The van der Waals surface area contributed by atoms with Crippen LogP contribution in [0.25, 0.3) is 6.08 Å². The lowest BCUT2D eigenvalue weighted by Crippen LogP contribution is -2.53. The van der Waals surface area contributed by atoms with Crippen LogP contribution < -0.4 is 16.4 Å². The molecule has 0 saturated carbocycles. The fourth-order valence-electron chi connectivity index (χ4n) is 3.82. The van der Waals surface area contributed by atoms with E-state index in [-0.39, 0.29) is 31.3 Å². The lowest BCUT2D eigenvalue weighted by molar-refractivity contribution is -0.142. The number of carbonyl (C=O) groups excluding carboxylic acids is 4. The summed E-state index contributed by atoms with van der Waals surface area (Å²) >= 11 is 0. The third-order valence-electron chi connectivity index (χ3n) is 5.42. The fraction of sp³-hybridized carbons (Fsp3) is 0.556. The summed E-state index contributed by atoms with van der Waals surface area (Å²) in [5.74, 6) is -1.46. The number of carbonyl (C=O) groups is 4. The normalized spacial score (nSPS) is 13.6. The van der Waals surface area contributed by atoms with Crippen LogP contribution >= 0.6 is 0 Å². The van der Waals surface area contributed by atoms with E-state index in [0.29, 0.717) is 5.56 Å². The molecule has 36 heavy (non-hydrogen) atoms. The van der Waals surface area contributed by atoms with Crippen molar-refractivity contribution in [2.24, 2.45) is 5.73 Å². The minimum absolute atomic E-state index is 0.0306. The van der Waals surface area contributed by atoms with Crippen molar-refractivity contribution in [3.63, 3.8) is 0 Å². The van der Waals surface area contributed by atoms with Crippen molar-refractivity contribution in [2.75, 3.05) is 6.54 Å². The van der Waals surface area contributed by atoms with Crippen LogP contribution in [-0.2, 0) is 19.1 Å². The molecule has 3 unspecified atom stereocenters. The van der Waals surface area contributed by atoms with Crippen molar-refractivity contribution < 1.29 is 23.9 Å². The minimum atomic E-state index is -1.11. The number of amides is 4. The van der Waals surface area contributed by atoms with Crippen molar-refractivity contribution in [2.45, 2.75) is 91.0 Å². The average molecular weight is 503 g/mol. The number of nitrogens with one attached hydrogen (secondary N) is 2. The molecule has 9 heteroatoms. The van der Waals surface area contributed by atoms with E-state index >= 15 is 0 Å². The van der Waals surface area contributed by atoms with Gasteiger partial charge in [-0.3, -0.25) is 14.4 Å². The summed E-state index contributed by atoms with van der Waals surface area (Å²) in [5.41, 5.74) is 5.94. The van der Waals surface area contributed by atoms with Crippen LogP contribution in [0.4, 0.5) is 4.79 Å². The number of hydrogen-bond acceptors (Lipinski definition) is 5. The maximum Gasteiger partial charge on any atom is 0.408 e. The van der Waals surface area contributed by atoms with Gasteiger partial charge in [-0.25, -0.2) is 4.79 Å². The Morgan fingerprint density at radius 2 is 1.81 bits per heavy atom. The molecule has 1 rings (SSSR count). The van der Waals surface area contributed by atoms with E-state index in [2.05, 4.69) is 17.2 Å². The van der Waals surface area contributed by atoms with Crippen molar-refractivity contribution in [3.05, 3.63) is 42.0 Å². The van der Waals surface area contributed by atoms with E-state index in [9.17, 15) is 19.2 Å². The summed E-state index contributed by atoms with van der Waals surface area (Å²) in [7, 11) is 0. The number of rotatable bonds is 13. The first kappa shape index (κ1) is 30.7. The van der Waals surface area contributed by atoms with E-state index in [1.807, 2.05) is 19.9 Å². The Kier molecular flexibility index (Phi) is 12.1. The summed E-state index contributed by atoms with van der Waals surface area (Å²) in [6.07, 6.45) is 2.39. The first-order valence-corrected chi connectivity index (χ1v) is 12.4. The molecule has 0 aromatic heterocycles. The standard InChI is InChI=1S/C27H42N4O5/c1-8-12-18(4)29-24(33)23(20-14-11-13-19(9-2)17-20)31(10-3)25(34)21(15-16-22(28)32)30-26(35)36-27(5,6)7/h9,11,13-14,17-18,21,23H,2,8,10,12,15-16H2,1,3-7H3,(H2,28,32)(H,29,33)(H,30,35). The van der Waals surface area contributed by atoms with Crippen LogP contribution in [-0.4, -0.2) is 52.9 Å². The molecule has 200 valence electrons. The minimum Gasteiger partial charge on any atom is -0.444 e. The molecule has 0 spiro atoms. The van der Waals surface area contributed by atoms with Crippen LogP contribution in [0.2, 0.25) is 0 Å². The van der Waals surface area contributed by atoms with Gasteiger partial charge in [0, 0.05) is 19.0 Å². The Morgan fingerprint density at radius 1 is 1.14 bits per heavy atom. The molecule has 0 radical (unpaired) electrons. The second-order valence-corrected chi connectivity index (χ2v) is 9.80. The molecule has 0 aliphatic rings. The number of likely N-dealkylation sites (N-methyl/N-ethyl adjacent to an activating group) is 1. The highest BCUT2D eigenvalue weighted by Crippen LogP contribution is 2.25. The Labute approximate surface area is 214 Å². The van der Waals surface area contributed by atoms with Gasteiger partial charge in [0.25, 0.3) is 0 Å². The highest BCUT2D eigenvalue weighted by Gasteiger charge is 2.36. The van der Waals surface area contributed by atoms with Gasteiger partial charge in [0.15, 0.2) is 0 Å². The second-order valence-electron chi connectivity index (χ2n) is 9.80. The highest BCUT2D eigenvalue weighted by atomic mass is 16.6. The Balaban J connectivity index is 3.42. The smallest absolute Gasteiger partial charge is 0.408 e. The summed E-state index contributed by atoms with van der Waals surface area (Å²) in [6, 6.07) is 5.06. The quantitative estimate of drug-likeness (QED) is 0.379. The molecule has 0 heterocycles. The summed E-state index contributed by atoms with van der Waals surface area (Å²) in [5, 5.41) is 5.57. The summed E-state index contributed by atoms with van der Waals surface area (Å²) < 4.78 is 5.31. The zero-order valence-corrected chi connectivity index (χ0v) is 22.4. The molecule has 1 aromatic carbocycles. The summed E-state index contributed by atoms with van der Waals surface area (Å²) in [4.78, 5) is 52.7. The van der Waals surface area contributed by atoms with E-state index < -0.39 is 35.6 Å². The van der Waals surface area contributed by atoms with Gasteiger partial charge in [-0.1, -0.05) is 44.2 Å². The van der Waals surface area contributed by atoms with Crippen molar-refractivity contribution in [3.8, 4) is 0 Å².